The minimum absolute atomic E-state index is 0.144. The zero-order chi connectivity index (χ0) is 10.5. The minimum atomic E-state index is -1.54. The zero-order valence-electron chi connectivity index (χ0n) is 8.07. The topological polar surface area (TPSA) is 0 Å². The number of rotatable bonds is 0. The largest absolute Gasteiger partial charge is 0.227 e. The molecule has 1 aliphatic carbocycles. The van der Waals surface area contributed by atoms with Crippen molar-refractivity contribution in [1.29, 1.82) is 0 Å². The highest BCUT2D eigenvalue weighted by molar-refractivity contribution is 14.1. The Morgan fingerprint density at radius 1 is 1.50 bits per heavy atom. The summed E-state index contributed by atoms with van der Waals surface area (Å²) in [4.78, 5) is 0. The van der Waals surface area contributed by atoms with Gasteiger partial charge < -0.3 is 0 Å². The van der Waals surface area contributed by atoms with E-state index in [9.17, 15) is 8.78 Å². The van der Waals surface area contributed by atoms with E-state index in [0.717, 1.165) is 5.56 Å². The summed E-state index contributed by atoms with van der Waals surface area (Å²) in [7, 11) is 0. The Morgan fingerprint density at radius 2 is 2.14 bits per heavy atom. The second-order valence-electron chi connectivity index (χ2n) is 3.96. The third kappa shape index (κ3) is 1.28. The molecule has 0 amide bonds. The number of halogens is 3. The number of benzene rings is 1. The number of alkyl halides is 2. The van der Waals surface area contributed by atoms with E-state index >= 15 is 0 Å². The Labute approximate surface area is 95.8 Å². The van der Waals surface area contributed by atoms with Crippen molar-refractivity contribution in [3.05, 3.63) is 34.6 Å². The summed E-state index contributed by atoms with van der Waals surface area (Å²) in [6.45, 7) is 3.49. The molecule has 0 N–H and O–H groups in total. The average Bonchev–Trinajstić information content (AvgIpc) is 2.32. The van der Waals surface area contributed by atoms with Gasteiger partial charge in [-0.3, -0.25) is 0 Å². The molecule has 2 unspecified atom stereocenters. The molecule has 1 aromatic carbocycles. The average molecular weight is 308 g/mol. The summed E-state index contributed by atoms with van der Waals surface area (Å²) < 4.78 is 26.4. The van der Waals surface area contributed by atoms with Crippen LogP contribution in [0.25, 0.3) is 0 Å². The predicted octanol–water partition coefficient (Wildman–Crippen LogP) is 3.88. The van der Waals surface area contributed by atoms with Crippen molar-refractivity contribution in [2.75, 3.05) is 0 Å². The molecule has 0 saturated carbocycles. The summed E-state index contributed by atoms with van der Waals surface area (Å²) >= 11 is 1.72. The van der Waals surface area contributed by atoms with E-state index in [0.29, 0.717) is 12.0 Å². The molecule has 0 nitrogen and oxygen atoms in total. The summed E-state index contributed by atoms with van der Waals surface area (Å²) in [6.07, 6.45) is 0.631. The Bertz CT molecular complexity index is 385. The minimum Gasteiger partial charge on any atom is -0.227 e. The summed E-state index contributed by atoms with van der Waals surface area (Å²) in [5.41, 5.74) is 1.61. The van der Waals surface area contributed by atoms with Crippen molar-refractivity contribution in [3.8, 4) is 0 Å². The van der Waals surface area contributed by atoms with Gasteiger partial charge in [-0.2, -0.15) is 0 Å². The van der Waals surface area contributed by atoms with Gasteiger partial charge in [0.05, 0.1) is 0 Å². The van der Waals surface area contributed by atoms with Crippen LogP contribution in [-0.2, 0) is 10.1 Å². The lowest BCUT2D eigenvalue weighted by Gasteiger charge is -2.18. The fourth-order valence-corrected chi connectivity index (χ4v) is 2.76. The van der Waals surface area contributed by atoms with Crippen molar-refractivity contribution in [2.24, 2.45) is 5.92 Å². The van der Waals surface area contributed by atoms with Crippen LogP contribution in [0.4, 0.5) is 8.78 Å². The van der Waals surface area contributed by atoms with Gasteiger partial charge in [0.1, 0.15) is 5.82 Å². The normalized spacial score (nSPS) is 30.5. The van der Waals surface area contributed by atoms with Crippen LogP contribution in [0.2, 0.25) is 0 Å². The van der Waals surface area contributed by atoms with Gasteiger partial charge in [-0.25, -0.2) is 8.78 Å². The van der Waals surface area contributed by atoms with E-state index in [1.807, 2.05) is 13.0 Å². The van der Waals surface area contributed by atoms with Gasteiger partial charge in [-0.15, -0.1) is 0 Å². The first-order valence-corrected chi connectivity index (χ1v) is 5.68. The van der Waals surface area contributed by atoms with Crippen LogP contribution in [0.3, 0.4) is 0 Å². The Hall–Kier alpha value is -0.190. The summed E-state index contributed by atoms with van der Waals surface area (Å²) in [5, 5.41) is 0. The van der Waals surface area contributed by atoms with Gasteiger partial charge >= 0.3 is 0 Å². The van der Waals surface area contributed by atoms with Gasteiger partial charge in [0.25, 0.3) is 0 Å². The Kier molecular flexibility index (Phi) is 2.33. The molecule has 0 spiro atoms. The molecule has 2 atom stereocenters. The Balaban J connectivity index is 2.68. The molecule has 76 valence electrons. The van der Waals surface area contributed by atoms with Crippen LogP contribution in [0.1, 0.15) is 23.6 Å². The molecule has 0 fully saturated rings. The molecule has 1 aromatic rings. The van der Waals surface area contributed by atoms with Crippen molar-refractivity contribution >= 4 is 22.6 Å². The molecule has 0 saturated heterocycles. The first-order chi connectivity index (χ1) is 6.44. The highest BCUT2D eigenvalue weighted by atomic mass is 127. The van der Waals surface area contributed by atoms with E-state index in [-0.39, 0.29) is 17.3 Å². The van der Waals surface area contributed by atoms with Crippen LogP contribution in [0, 0.1) is 18.7 Å². The smallest absolute Gasteiger partial charge is 0.192 e. The highest BCUT2D eigenvalue weighted by Crippen LogP contribution is 2.50. The molecule has 1 aliphatic rings. The van der Waals surface area contributed by atoms with E-state index in [1.165, 1.54) is 0 Å². The Morgan fingerprint density at radius 3 is 2.79 bits per heavy atom. The molecule has 0 radical (unpaired) electrons. The van der Waals surface area contributed by atoms with Crippen LogP contribution < -0.4 is 0 Å². The maximum atomic E-state index is 14.2. The SMILES string of the molecule is Cc1ccc2c(c1F)C(F)(I)C(C)C2. The van der Waals surface area contributed by atoms with Gasteiger partial charge in [0, 0.05) is 11.5 Å². The zero-order valence-corrected chi connectivity index (χ0v) is 10.2. The maximum Gasteiger partial charge on any atom is 0.192 e. The quantitative estimate of drug-likeness (QED) is 0.504. The molecule has 0 heterocycles. The predicted molar refractivity (Wildman–Crippen MR) is 60.8 cm³/mol. The lowest BCUT2D eigenvalue weighted by molar-refractivity contribution is 0.239. The van der Waals surface area contributed by atoms with Crippen LogP contribution in [0.15, 0.2) is 12.1 Å². The molecular weight excluding hydrogens is 297 g/mol. The molecule has 2 rings (SSSR count). The first-order valence-electron chi connectivity index (χ1n) is 4.61. The lowest BCUT2D eigenvalue weighted by Crippen LogP contribution is -2.17. The highest BCUT2D eigenvalue weighted by Gasteiger charge is 2.45. The van der Waals surface area contributed by atoms with E-state index < -0.39 is 3.68 Å². The summed E-state index contributed by atoms with van der Waals surface area (Å²) in [6, 6.07) is 3.56. The number of aryl methyl sites for hydroxylation is 1. The van der Waals surface area contributed by atoms with E-state index in [2.05, 4.69) is 0 Å². The van der Waals surface area contributed by atoms with Gasteiger partial charge in [0.2, 0.25) is 0 Å². The monoisotopic (exact) mass is 308 g/mol. The summed E-state index contributed by atoms with van der Waals surface area (Å²) in [5.74, 6) is -0.516. The van der Waals surface area contributed by atoms with Gasteiger partial charge in [-0.1, -0.05) is 19.1 Å². The second-order valence-corrected chi connectivity index (χ2v) is 5.53. The molecule has 0 bridgehead atoms. The maximum absolute atomic E-state index is 14.2. The standard InChI is InChI=1S/C11H11F2I/c1-6-3-4-8-5-7(2)11(13,14)9(8)10(6)12/h3-4,7H,5H2,1-2H3. The van der Waals surface area contributed by atoms with Crippen LogP contribution in [0.5, 0.6) is 0 Å². The van der Waals surface area contributed by atoms with Crippen LogP contribution in [-0.4, -0.2) is 0 Å². The third-order valence-electron chi connectivity index (χ3n) is 2.90. The van der Waals surface area contributed by atoms with E-state index in [1.54, 1.807) is 35.6 Å². The van der Waals surface area contributed by atoms with Crippen molar-refractivity contribution in [2.45, 2.75) is 23.9 Å². The fourth-order valence-electron chi connectivity index (χ4n) is 1.96. The van der Waals surface area contributed by atoms with Gasteiger partial charge in [0.15, 0.2) is 3.68 Å². The van der Waals surface area contributed by atoms with Gasteiger partial charge in [-0.05, 0) is 47.1 Å². The van der Waals surface area contributed by atoms with Crippen molar-refractivity contribution < 1.29 is 8.78 Å². The van der Waals surface area contributed by atoms with Crippen molar-refractivity contribution in [1.82, 2.24) is 0 Å². The van der Waals surface area contributed by atoms with E-state index in [4.69, 9.17) is 0 Å². The molecule has 0 aromatic heterocycles. The van der Waals surface area contributed by atoms with Crippen molar-refractivity contribution in [3.63, 3.8) is 0 Å². The molecular formula is C11H11F2I. The lowest BCUT2D eigenvalue weighted by atomic mass is 10.0. The number of hydrogen-bond acceptors (Lipinski definition) is 0. The molecule has 14 heavy (non-hydrogen) atoms. The molecule has 3 heteroatoms. The fraction of sp³-hybridized carbons (Fsp3) is 0.455. The molecule has 0 aliphatic heterocycles. The number of hydrogen-bond donors (Lipinski definition) is 0. The first kappa shape index (κ1) is 10.3. The van der Waals surface area contributed by atoms with Crippen LogP contribution >= 0.6 is 22.6 Å². The second kappa shape index (κ2) is 3.15. The number of fused-ring (bicyclic) bond motifs is 1. The third-order valence-corrected chi connectivity index (χ3v) is 4.50.